The van der Waals surface area contributed by atoms with E-state index >= 15 is 0 Å². The molecule has 1 aliphatic carbocycles. The zero-order chi connectivity index (χ0) is 15.5. The normalized spacial score (nSPS) is 24.7. The SMILES string of the molecule is CCSc1ccc(C(O)C2CCCC(S(C)(=O)=O)C2)cc1. The lowest BCUT2D eigenvalue weighted by Gasteiger charge is -2.31. The van der Waals surface area contributed by atoms with Gasteiger partial charge in [0.2, 0.25) is 0 Å². The summed E-state index contributed by atoms with van der Waals surface area (Å²) in [6.45, 7) is 2.11. The Labute approximate surface area is 132 Å². The summed E-state index contributed by atoms with van der Waals surface area (Å²) in [4.78, 5) is 1.20. The van der Waals surface area contributed by atoms with Crippen molar-refractivity contribution in [2.75, 3.05) is 12.0 Å². The van der Waals surface area contributed by atoms with Gasteiger partial charge in [-0.3, -0.25) is 0 Å². The predicted octanol–water partition coefficient (Wildman–Crippen LogP) is 3.44. The molecule has 1 fully saturated rings. The minimum atomic E-state index is -3.00. The first-order valence-electron chi connectivity index (χ1n) is 7.51. The molecule has 1 aromatic carbocycles. The van der Waals surface area contributed by atoms with Gasteiger partial charge >= 0.3 is 0 Å². The first-order chi connectivity index (χ1) is 9.91. The number of benzene rings is 1. The van der Waals surface area contributed by atoms with Crippen LogP contribution in [-0.2, 0) is 9.84 Å². The minimum absolute atomic E-state index is 0.0446. The van der Waals surface area contributed by atoms with Crippen LogP contribution in [0.1, 0.15) is 44.3 Å². The van der Waals surface area contributed by atoms with E-state index in [0.29, 0.717) is 6.42 Å². The zero-order valence-corrected chi connectivity index (χ0v) is 14.3. The molecule has 0 spiro atoms. The largest absolute Gasteiger partial charge is 0.388 e. The van der Waals surface area contributed by atoms with Crippen molar-refractivity contribution in [1.29, 1.82) is 0 Å². The fourth-order valence-corrected chi connectivity index (χ4v) is 4.91. The number of aliphatic hydroxyl groups is 1. The van der Waals surface area contributed by atoms with Crippen molar-refractivity contribution in [3.8, 4) is 0 Å². The molecule has 3 unspecified atom stereocenters. The maximum atomic E-state index is 11.7. The Morgan fingerprint density at radius 2 is 1.95 bits per heavy atom. The molecule has 3 atom stereocenters. The van der Waals surface area contributed by atoms with Crippen molar-refractivity contribution in [3.05, 3.63) is 29.8 Å². The maximum absolute atomic E-state index is 11.7. The number of rotatable bonds is 5. The Morgan fingerprint density at radius 1 is 1.29 bits per heavy atom. The van der Waals surface area contributed by atoms with Crippen molar-refractivity contribution in [3.63, 3.8) is 0 Å². The second-order valence-electron chi connectivity index (χ2n) is 5.83. The quantitative estimate of drug-likeness (QED) is 0.841. The molecule has 0 saturated heterocycles. The van der Waals surface area contributed by atoms with Gasteiger partial charge in [-0.05, 0) is 48.6 Å². The monoisotopic (exact) mass is 328 g/mol. The van der Waals surface area contributed by atoms with Gasteiger partial charge in [0.05, 0.1) is 11.4 Å². The van der Waals surface area contributed by atoms with Gasteiger partial charge in [-0.25, -0.2) is 8.42 Å². The third-order valence-corrected chi connectivity index (χ3v) is 6.78. The smallest absolute Gasteiger partial charge is 0.150 e. The first kappa shape index (κ1) is 16.8. The van der Waals surface area contributed by atoms with Crippen molar-refractivity contribution >= 4 is 21.6 Å². The van der Waals surface area contributed by atoms with E-state index in [1.165, 1.54) is 11.2 Å². The predicted molar refractivity (Wildman–Crippen MR) is 88.4 cm³/mol. The van der Waals surface area contributed by atoms with E-state index < -0.39 is 15.9 Å². The topological polar surface area (TPSA) is 54.4 Å². The van der Waals surface area contributed by atoms with Crippen LogP contribution in [0.4, 0.5) is 0 Å². The summed E-state index contributed by atoms with van der Waals surface area (Å²) in [5.74, 6) is 1.07. The van der Waals surface area contributed by atoms with E-state index in [-0.39, 0.29) is 11.2 Å². The fraction of sp³-hybridized carbons (Fsp3) is 0.625. The van der Waals surface area contributed by atoms with Crippen LogP contribution in [0.15, 0.2) is 29.2 Å². The van der Waals surface area contributed by atoms with Gasteiger partial charge in [-0.15, -0.1) is 11.8 Å². The molecule has 2 rings (SSSR count). The lowest BCUT2D eigenvalue weighted by atomic mass is 9.82. The fourth-order valence-electron chi connectivity index (χ4n) is 3.06. The van der Waals surface area contributed by atoms with Crippen LogP contribution >= 0.6 is 11.8 Å². The number of hydrogen-bond acceptors (Lipinski definition) is 4. The highest BCUT2D eigenvalue weighted by molar-refractivity contribution is 7.99. The number of hydrogen-bond donors (Lipinski definition) is 1. The highest BCUT2D eigenvalue weighted by atomic mass is 32.2. The highest BCUT2D eigenvalue weighted by Gasteiger charge is 2.32. The summed E-state index contributed by atoms with van der Waals surface area (Å²) >= 11 is 1.77. The summed E-state index contributed by atoms with van der Waals surface area (Å²) in [6, 6.07) is 7.99. The maximum Gasteiger partial charge on any atom is 0.150 e. The molecule has 0 amide bonds. The Morgan fingerprint density at radius 3 is 2.52 bits per heavy atom. The molecule has 0 bridgehead atoms. The molecule has 0 radical (unpaired) electrons. The zero-order valence-electron chi connectivity index (χ0n) is 12.7. The summed E-state index contributed by atoms with van der Waals surface area (Å²) in [5, 5.41) is 10.3. The Hall–Kier alpha value is -0.520. The van der Waals surface area contributed by atoms with Gasteiger partial charge in [0, 0.05) is 11.2 Å². The van der Waals surface area contributed by atoms with E-state index in [1.54, 1.807) is 11.8 Å². The summed E-state index contributed by atoms with van der Waals surface area (Å²) in [7, 11) is -3.00. The molecule has 1 aliphatic rings. The molecule has 1 N–H and O–H groups in total. The molecule has 0 aromatic heterocycles. The third kappa shape index (κ3) is 4.47. The van der Waals surface area contributed by atoms with Crippen LogP contribution in [-0.4, -0.2) is 30.8 Å². The molecule has 21 heavy (non-hydrogen) atoms. The number of thioether (sulfide) groups is 1. The van der Waals surface area contributed by atoms with Crippen molar-refractivity contribution < 1.29 is 13.5 Å². The number of aliphatic hydroxyl groups excluding tert-OH is 1. The van der Waals surface area contributed by atoms with Gasteiger partial charge in [0.15, 0.2) is 0 Å². The van der Waals surface area contributed by atoms with Crippen LogP contribution in [0.25, 0.3) is 0 Å². The summed E-state index contributed by atoms with van der Waals surface area (Å²) < 4.78 is 23.4. The molecule has 1 aromatic rings. The minimum Gasteiger partial charge on any atom is -0.388 e. The average molecular weight is 328 g/mol. The van der Waals surface area contributed by atoms with Gasteiger partial charge in [-0.2, -0.15) is 0 Å². The Balaban J connectivity index is 2.06. The second-order valence-corrected chi connectivity index (χ2v) is 9.49. The molecule has 1 saturated carbocycles. The third-order valence-electron chi connectivity index (χ3n) is 4.25. The molecule has 118 valence electrons. The van der Waals surface area contributed by atoms with Crippen molar-refractivity contribution in [2.24, 2.45) is 5.92 Å². The molecule has 5 heteroatoms. The van der Waals surface area contributed by atoms with E-state index in [9.17, 15) is 13.5 Å². The molecular weight excluding hydrogens is 304 g/mol. The average Bonchev–Trinajstić information content (AvgIpc) is 2.47. The van der Waals surface area contributed by atoms with Crippen LogP contribution < -0.4 is 0 Å². The van der Waals surface area contributed by atoms with Crippen LogP contribution in [0.5, 0.6) is 0 Å². The van der Waals surface area contributed by atoms with Gasteiger partial charge < -0.3 is 5.11 Å². The van der Waals surface area contributed by atoms with Crippen molar-refractivity contribution in [1.82, 2.24) is 0 Å². The van der Waals surface area contributed by atoms with Gasteiger partial charge in [0.25, 0.3) is 0 Å². The van der Waals surface area contributed by atoms with E-state index in [2.05, 4.69) is 6.92 Å². The molecular formula is C16H24O3S2. The van der Waals surface area contributed by atoms with E-state index in [1.807, 2.05) is 24.3 Å². The standard InChI is InChI=1S/C16H24O3S2/c1-3-20-14-9-7-12(8-10-14)16(17)13-5-4-6-15(11-13)21(2,18)19/h7-10,13,15-17H,3-6,11H2,1-2H3. The lowest BCUT2D eigenvalue weighted by molar-refractivity contribution is 0.0857. The van der Waals surface area contributed by atoms with E-state index in [4.69, 9.17) is 0 Å². The van der Waals surface area contributed by atoms with Crippen LogP contribution in [0, 0.1) is 5.92 Å². The molecule has 0 heterocycles. The van der Waals surface area contributed by atoms with Gasteiger partial charge in [0.1, 0.15) is 9.84 Å². The van der Waals surface area contributed by atoms with E-state index in [0.717, 1.165) is 30.6 Å². The van der Waals surface area contributed by atoms with Crippen LogP contribution in [0.2, 0.25) is 0 Å². The summed E-state index contributed by atoms with van der Waals surface area (Å²) in [5.41, 5.74) is 0.898. The Kier molecular flexibility index (Phi) is 5.74. The molecule has 3 nitrogen and oxygen atoms in total. The molecule has 0 aliphatic heterocycles. The van der Waals surface area contributed by atoms with Gasteiger partial charge in [-0.1, -0.05) is 25.5 Å². The highest BCUT2D eigenvalue weighted by Crippen LogP contribution is 2.37. The summed E-state index contributed by atoms with van der Waals surface area (Å²) in [6.07, 6.45) is 3.83. The first-order valence-corrected chi connectivity index (χ1v) is 10.5. The van der Waals surface area contributed by atoms with Crippen LogP contribution in [0.3, 0.4) is 0 Å². The van der Waals surface area contributed by atoms with Crippen molar-refractivity contribution in [2.45, 2.75) is 48.9 Å². The second kappa shape index (κ2) is 7.16. The number of sulfone groups is 1. The Bertz CT molecular complexity index is 551. The lowest BCUT2D eigenvalue weighted by Crippen LogP contribution is -2.30.